The smallest absolute Gasteiger partial charge is 0.246 e. The van der Waals surface area contributed by atoms with Crippen molar-refractivity contribution in [3.05, 3.63) is 25.0 Å². The number of aromatic nitrogens is 2. The Hall–Kier alpha value is -1.22. The second-order valence-electron chi connectivity index (χ2n) is 3.92. The van der Waals surface area contributed by atoms with Crippen molar-refractivity contribution in [1.29, 1.82) is 0 Å². The largest absolute Gasteiger partial charge is 0.395 e. The lowest BCUT2D eigenvalue weighted by atomic mass is 10.6. The maximum Gasteiger partial charge on any atom is 0.246 e. The molecule has 0 aliphatic rings. The van der Waals surface area contributed by atoms with Crippen molar-refractivity contribution in [2.45, 2.75) is 11.4 Å². The van der Waals surface area contributed by atoms with Gasteiger partial charge in [0.05, 0.1) is 19.3 Å². The third-order valence-electron chi connectivity index (χ3n) is 2.52. The Kier molecular flexibility index (Phi) is 6.16. The molecule has 108 valence electrons. The third kappa shape index (κ3) is 4.13. The summed E-state index contributed by atoms with van der Waals surface area (Å²) in [5.74, 6) is 0. The first-order chi connectivity index (χ1) is 9.06. The molecular formula is C11H20N4O3S. The Bertz CT molecular complexity index is 498. The molecule has 0 atom stereocenters. The lowest BCUT2D eigenvalue weighted by Crippen LogP contribution is -2.33. The molecule has 0 radical (unpaired) electrons. The van der Waals surface area contributed by atoms with Crippen LogP contribution in [0.2, 0.25) is 0 Å². The Morgan fingerprint density at radius 3 is 2.95 bits per heavy atom. The lowest BCUT2D eigenvalue weighted by molar-refractivity contribution is 0.260. The molecule has 0 spiro atoms. The fourth-order valence-corrected chi connectivity index (χ4v) is 2.90. The Balaban J connectivity index is 2.90. The van der Waals surface area contributed by atoms with Gasteiger partial charge < -0.3 is 10.4 Å². The summed E-state index contributed by atoms with van der Waals surface area (Å²) in [6.45, 7) is 4.77. The van der Waals surface area contributed by atoms with Gasteiger partial charge in [-0.15, -0.1) is 6.58 Å². The minimum Gasteiger partial charge on any atom is -0.395 e. The van der Waals surface area contributed by atoms with Gasteiger partial charge in [0.25, 0.3) is 0 Å². The molecular weight excluding hydrogens is 268 g/mol. The van der Waals surface area contributed by atoms with Crippen LogP contribution in [-0.4, -0.2) is 60.9 Å². The number of likely N-dealkylation sites (N-methyl/N-ethyl adjacent to an activating group) is 1. The highest BCUT2D eigenvalue weighted by Gasteiger charge is 2.24. The molecule has 0 amide bonds. The molecule has 8 heteroatoms. The quantitative estimate of drug-likeness (QED) is 0.585. The van der Waals surface area contributed by atoms with Crippen molar-refractivity contribution >= 4 is 10.0 Å². The van der Waals surface area contributed by atoms with E-state index in [0.717, 1.165) is 0 Å². The lowest BCUT2D eigenvalue weighted by Gasteiger charge is -2.18. The molecule has 0 aliphatic heterocycles. The van der Waals surface area contributed by atoms with Crippen LogP contribution in [0.4, 0.5) is 0 Å². The molecule has 0 bridgehead atoms. The monoisotopic (exact) mass is 288 g/mol. The fourth-order valence-electron chi connectivity index (χ4n) is 1.54. The van der Waals surface area contributed by atoms with Crippen LogP contribution in [0.5, 0.6) is 0 Å². The van der Waals surface area contributed by atoms with E-state index in [0.29, 0.717) is 13.1 Å². The molecule has 0 aliphatic carbocycles. The minimum absolute atomic E-state index is 0.0377. The number of aliphatic hydroxyl groups excluding tert-OH is 1. The Labute approximate surface area is 113 Å². The molecule has 0 aromatic carbocycles. The van der Waals surface area contributed by atoms with Crippen LogP contribution < -0.4 is 5.32 Å². The van der Waals surface area contributed by atoms with Gasteiger partial charge in [-0.25, -0.2) is 8.42 Å². The average Bonchev–Trinajstić information content (AvgIpc) is 2.85. The average molecular weight is 288 g/mol. The summed E-state index contributed by atoms with van der Waals surface area (Å²) in [7, 11) is -1.82. The van der Waals surface area contributed by atoms with E-state index < -0.39 is 10.0 Å². The SMILES string of the molecule is C=CCN(CCO)S(=O)(=O)c1cnn(CCNC)c1. The van der Waals surface area contributed by atoms with Gasteiger partial charge in [0, 0.05) is 25.8 Å². The van der Waals surface area contributed by atoms with Gasteiger partial charge in [-0.05, 0) is 7.05 Å². The molecule has 0 saturated carbocycles. The summed E-state index contributed by atoms with van der Waals surface area (Å²) in [5, 5.41) is 15.9. The molecule has 1 aromatic rings. The summed E-state index contributed by atoms with van der Waals surface area (Å²) < 4.78 is 27.3. The normalized spacial score (nSPS) is 11.9. The topological polar surface area (TPSA) is 87.5 Å². The zero-order valence-corrected chi connectivity index (χ0v) is 11.8. The highest BCUT2D eigenvalue weighted by molar-refractivity contribution is 7.89. The van der Waals surface area contributed by atoms with Crippen LogP contribution in [-0.2, 0) is 16.6 Å². The predicted molar refractivity (Wildman–Crippen MR) is 72.2 cm³/mol. The maximum atomic E-state index is 12.3. The van der Waals surface area contributed by atoms with Crippen molar-refractivity contribution < 1.29 is 13.5 Å². The molecule has 1 rings (SSSR count). The summed E-state index contributed by atoms with van der Waals surface area (Å²) >= 11 is 0. The standard InChI is InChI=1S/C11H20N4O3S/c1-3-5-15(7-8-16)19(17,18)11-9-13-14(10-11)6-4-12-2/h3,9-10,12,16H,1,4-8H2,2H3. The van der Waals surface area contributed by atoms with Crippen LogP contribution in [0.1, 0.15) is 0 Å². The van der Waals surface area contributed by atoms with Crippen molar-refractivity contribution in [3.8, 4) is 0 Å². The van der Waals surface area contributed by atoms with Gasteiger partial charge in [0.15, 0.2) is 0 Å². The van der Waals surface area contributed by atoms with Crippen LogP contribution >= 0.6 is 0 Å². The second kappa shape index (κ2) is 7.39. The molecule has 0 fully saturated rings. The first-order valence-electron chi connectivity index (χ1n) is 5.95. The number of nitrogens with one attached hydrogen (secondary N) is 1. The first kappa shape index (κ1) is 15.8. The summed E-state index contributed by atoms with van der Waals surface area (Å²) in [4.78, 5) is 0.124. The van der Waals surface area contributed by atoms with E-state index in [1.54, 1.807) is 4.68 Å². The van der Waals surface area contributed by atoms with Crippen LogP contribution in [0.3, 0.4) is 0 Å². The van der Waals surface area contributed by atoms with Gasteiger partial charge in [-0.1, -0.05) is 6.08 Å². The third-order valence-corrected chi connectivity index (χ3v) is 4.34. The first-order valence-corrected chi connectivity index (χ1v) is 7.39. The fraction of sp³-hybridized carbons (Fsp3) is 0.545. The van der Waals surface area contributed by atoms with Crippen LogP contribution in [0.25, 0.3) is 0 Å². The molecule has 7 nitrogen and oxygen atoms in total. The molecule has 0 unspecified atom stereocenters. The number of sulfonamides is 1. The van der Waals surface area contributed by atoms with Gasteiger partial charge in [-0.2, -0.15) is 9.40 Å². The predicted octanol–water partition coefficient (Wildman–Crippen LogP) is -0.728. The summed E-state index contributed by atoms with van der Waals surface area (Å²) in [6.07, 6.45) is 4.29. The Morgan fingerprint density at radius 1 is 1.63 bits per heavy atom. The van der Waals surface area contributed by atoms with E-state index >= 15 is 0 Å². The Morgan fingerprint density at radius 2 is 2.37 bits per heavy atom. The zero-order chi connectivity index (χ0) is 14.3. The van der Waals surface area contributed by atoms with E-state index in [4.69, 9.17) is 5.11 Å². The number of rotatable bonds is 9. The van der Waals surface area contributed by atoms with Gasteiger partial charge in [0.1, 0.15) is 4.90 Å². The summed E-state index contributed by atoms with van der Waals surface area (Å²) in [5.41, 5.74) is 0. The number of hydrogen-bond acceptors (Lipinski definition) is 5. The maximum absolute atomic E-state index is 12.3. The van der Waals surface area contributed by atoms with Gasteiger partial charge in [-0.3, -0.25) is 4.68 Å². The summed E-state index contributed by atoms with van der Waals surface area (Å²) in [6, 6.07) is 0. The van der Waals surface area contributed by atoms with E-state index in [2.05, 4.69) is 17.0 Å². The molecule has 1 aromatic heterocycles. The van der Waals surface area contributed by atoms with E-state index in [9.17, 15) is 8.42 Å². The highest BCUT2D eigenvalue weighted by Crippen LogP contribution is 2.14. The highest BCUT2D eigenvalue weighted by atomic mass is 32.2. The van der Waals surface area contributed by atoms with Crippen molar-refractivity contribution in [2.24, 2.45) is 0 Å². The van der Waals surface area contributed by atoms with Crippen molar-refractivity contribution in [3.63, 3.8) is 0 Å². The number of nitrogens with zero attached hydrogens (tertiary/aromatic N) is 3. The van der Waals surface area contributed by atoms with Crippen molar-refractivity contribution in [2.75, 3.05) is 33.3 Å². The zero-order valence-electron chi connectivity index (χ0n) is 11.0. The molecule has 1 heterocycles. The van der Waals surface area contributed by atoms with Crippen molar-refractivity contribution in [1.82, 2.24) is 19.4 Å². The molecule has 0 saturated heterocycles. The van der Waals surface area contributed by atoms with Crippen LogP contribution in [0.15, 0.2) is 29.9 Å². The second-order valence-corrected chi connectivity index (χ2v) is 5.86. The van der Waals surface area contributed by atoms with E-state index in [1.807, 2.05) is 7.05 Å². The number of hydrogen-bond donors (Lipinski definition) is 2. The van der Waals surface area contributed by atoms with Gasteiger partial charge in [0.2, 0.25) is 10.0 Å². The van der Waals surface area contributed by atoms with Gasteiger partial charge >= 0.3 is 0 Å². The molecule has 2 N–H and O–H groups in total. The van der Waals surface area contributed by atoms with Crippen LogP contribution in [0, 0.1) is 0 Å². The minimum atomic E-state index is -3.63. The number of aliphatic hydroxyl groups is 1. The van der Waals surface area contributed by atoms with E-state index in [1.165, 1.54) is 22.8 Å². The molecule has 19 heavy (non-hydrogen) atoms. The van der Waals surface area contributed by atoms with E-state index in [-0.39, 0.29) is 24.6 Å².